The Morgan fingerprint density at radius 3 is 2.45 bits per heavy atom. The average Bonchev–Trinajstić information content (AvgIpc) is 3.35. The second-order valence-electron chi connectivity index (χ2n) is 7.74. The zero-order valence-electron chi connectivity index (χ0n) is 18.2. The minimum absolute atomic E-state index is 0.0392. The Labute approximate surface area is 196 Å². The first-order valence-electron chi connectivity index (χ1n) is 10.6. The number of ketones is 1. The summed E-state index contributed by atoms with van der Waals surface area (Å²) in [5, 5.41) is 15.5. The van der Waals surface area contributed by atoms with Crippen LogP contribution in [0.1, 0.15) is 42.7 Å². The van der Waals surface area contributed by atoms with Crippen LogP contribution < -0.4 is 9.64 Å². The highest BCUT2D eigenvalue weighted by molar-refractivity contribution is 6.51. The molecule has 33 heavy (non-hydrogen) atoms. The molecule has 1 aliphatic rings. The fourth-order valence-electron chi connectivity index (χ4n) is 3.69. The molecular weight excluding hydrogens is 444 g/mol. The molecule has 1 unspecified atom stereocenters. The van der Waals surface area contributed by atoms with Gasteiger partial charge in [0.2, 0.25) is 0 Å². The Hall–Kier alpha value is -3.58. The molecule has 1 saturated heterocycles. The summed E-state index contributed by atoms with van der Waals surface area (Å²) in [6, 6.07) is 14.2. The third-order valence-electron chi connectivity index (χ3n) is 5.39. The maximum absolute atomic E-state index is 13.1. The second kappa shape index (κ2) is 9.50. The van der Waals surface area contributed by atoms with Gasteiger partial charge in [0.15, 0.2) is 5.82 Å². The van der Waals surface area contributed by atoms with Gasteiger partial charge in [-0.15, -0.1) is 0 Å². The zero-order valence-corrected chi connectivity index (χ0v) is 19.0. The normalized spacial score (nSPS) is 17.5. The number of Topliss-reactive ketones (excluding diaryl/α,β-unsaturated/α-hetero) is 1. The van der Waals surface area contributed by atoms with Crippen LogP contribution in [0.2, 0.25) is 5.02 Å². The van der Waals surface area contributed by atoms with Crippen molar-refractivity contribution in [2.24, 2.45) is 0 Å². The maximum atomic E-state index is 13.1. The molecule has 4 rings (SSSR count). The van der Waals surface area contributed by atoms with Crippen molar-refractivity contribution >= 4 is 34.9 Å². The van der Waals surface area contributed by atoms with E-state index in [2.05, 4.69) is 12.1 Å². The van der Waals surface area contributed by atoms with Crippen molar-refractivity contribution in [2.45, 2.75) is 32.7 Å². The van der Waals surface area contributed by atoms with Crippen LogP contribution in [0.5, 0.6) is 5.75 Å². The van der Waals surface area contributed by atoms with Crippen molar-refractivity contribution in [3.63, 3.8) is 0 Å². The molecule has 0 bridgehead atoms. The van der Waals surface area contributed by atoms with Gasteiger partial charge < -0.3 is 14.4 Å². The van der Waals surface area contributed by atoms with E-state index in [1.54, 1.807) is 61.5 Å². The number of anilines is 1. The van der Waals surface area contributed by atoms with E-state index in [0.29, 0.717) is 34.3 Å². The number of ether oxygens (including phenoxy) is 1. The maximum Gasteiger partial charge on any atom is 0.301 e. The number of benzene rings is 2. The number of aromatic nitrogens is 1. The van der Waals surface area contributed by atoms with Crippen LogP contribution in [0.3, 0.4) is 0 Å². The number of carbonyl (C=O) groups is 2. The summed E-state index contributed by atoms with van der Waals surface area (Å²) in [5.41, 5.74) is 0.953. The number of aliphatic hydroxyl groups excluding tert-OH is 1. The first kappa shape index (κ1) is 22.6. The third kappa shape index (κ3) is 4.50. The molecule has 1 atom stereocenters. The van der Waals surface area contributed by atoms with Crippen LogP contribution in [-0.2, 0) is 9.59 Å². The lowest BCUT2D eigenvalue weighted by atomic mass is 9.95. The molecule has 170 valence electrons. The predicted molar refractivity (Wildman–Crippen MR) is 124 cm³/mol. The number of carbonyl (C=O) groups excluding carboxylic acids is 2. The van der Waals surface area contributed by atoms with E-state index in [1.807, 2.05) is 0 Å². The van der Waals surface area contributed by atoms with Gasteiger partial charge in [-0.1, -0.05) is 42.2 Å². The highest BCUT2D eigenvalue weighted by atomic mass is 35.5. The van der Waals surface area contributed by atoms with Crippen molar-refractivity contribution in [2.75, 3.05) is 11.5 Å². The van der Waals surface area contributed by atoms with E-state index in [9.17, 15) is 14.7 Å². The summed E-state index contributed by atoms with van der Waals surface area (Å²) in [7, 11) is 0. The molecule has 1 N–H and O–H groups in total. The lowest BCUT2D eigenvalue weighted by Gasteiger charge is -2.23. The van der Waals surface area contributed by atoms with E-state index in [-0.39, 0.29) is 17.2 Å². The third-order valence-corrected chi connectivity index (χ3v) is 5.64. The van der Waals surface area contributed by atoms with Gasteiger partial charge in [0, 0.05) is 16.7 Å². The molecule has 1 fully saturated rings. The van der Waals surface area contributed by atoms with E-state index >= 15 is 0 Å². The van der Waals surface area contributed by atoms with Crippen LogP contribution in [-0.4, -0.2) is 28.6 Å². The van der Waals surface area contributed by atoms with Gasteiger partial charge in [-0.3, -0.25) is 14.5 Å². The Kier molecular flexibility index (Phi) is 6.51. The second-order valence-corrected chi connectivity index (χ2v) is 8.18. The van der Waals surface area contributed by atoms with Gasteiger partial charge in [0.1, 0.15) is 17.3 Å². The summed E-state index contributed by atoms with van der Waals surface area (Å²) in [4.78, 5) is 27.4. The van der Waals surface area contributed by atoms with E-state index in [4.69, 9.17) is 20.9 Å². The molecule has 0 saturated carbocycles. The van der Waals surface area contributed by atoms with Crippen molar-refractivity contribution < 1.29 is 24.0 Å². The van der Waals surface area contributed by atoms with E-state index in [1.165, 1.54) is 4.90 Å². The molecule has 2 aromatic carbocycles. The summed E-state index contributed by atoms with van der Waals surface area (Å²) in [5.74, 6) is -0.537. The number of unbranched alkanes of at least 4 members (excludes halogenated alkanes) is 1. The number of hydrogen-bond donors (Lipinski definition) is 1. The first-order chi connectivity index (χ1) is 15.9. The predicted octanol–water partition coefficient (Wildman–Crippen LogP) is 5.44. The number of aliphatic hydroxyl groups is 1. The molecule has 1 aromatic heterocycles. The number of halogens is 1. The van der Waals surface area contributed by atoms with Crippen molar-refractivity contribution in [3.05, 3.63) is 82.1 Å². The van der Waals surface area contributed by atoms with E-state index < -0.39 is 17.7 Å². The Balaban J connectivity index is 1.81. The molecule has 3 aromatic rings. The van der Waals surface area contributed by atoms with Gasteiger partial charge >= 0.3 is 5.91 Å². The van der Waals surface area contributed by atoms with Crippen molar-refractivity contribution in [1.82, 2.24) is 5.16 Å². The van der Waals surface area contributed by atoms with Gasteiger partial charge in [-0.25, -0.2) is 0 Å². The van der Waals surface area contributed by atoms with Crippen molar-refractivity contribution in [3.8, 4) is 5.75 Å². The number of amides is 1. The van der Waals surface area contributed by atoms with Crippen LogP contribution in [0, 0.1) is 6.92 Å². The molecule has 7 nitrogen and oxygen atoms in total. The largest absolute Gasteiger partial charge is 0.507 e. The lowest BCUT2D eigenvalue weighted by Crippen LogP contribution is -2.29. The number of rotatable bonds is 7. The van der Waals surface area contributed by atoms with Gasteiger partial charge in [0.05, 0.1) is 18.2 Å². The molecule has 8 heteroatoms. The van der Waals surface area contributed by atoms with Crippen molar-refractivity contribution in [1.29, 1.82) is 0 Å². The molecular formula is C25H23ClN2O5. The summed E-state index contributed by atoms with van der Waals surface area (Å²) in [6.45, 7) is 4.38. The Morgan fingerprint density at radius 1 is 1.15 bits per heavy atom. The first-order valence-corrected chi connectivity index (χ1v) is 11.0. The minimum Gasteiger partial charge on any atom is -0.507 e. The monoisotopic (exact) mass is 466 g/mol. The van der Waals surface area contributed by atoms with Crippen LogP contribution in [0.25, 0.3) is 5.76 Å². The van der Waals surface area contributed by atoms with E-state index in [0.717, 1.165) is 12.8 Å². The van der Waals surface area contributed by atoms with Gasteiger partial charge in [0.25, 0.3) is 5.78 Å². The van der Waals surface area contributed by atoms with Gasteiger partial charge in [-0.05, 0) is 55.3 Å². The molecule has 0 spiro atoms. The standard InChI is InChI=1S/C25H23ClN2O5/c1-3-4-13-32-19-11-7-16(8-12-19)22-21(23(29)17-5-9-18(26)10-6-17)24(30)25(31)28(22)20-14-15(2)33-27-20/h5-12,14,22,29H,3-4,13H2,1-2H3/b23-21+. The quantitative estimate of drug-likeness (QED) is 0.215. The topological polar surface area (TPSA) is 92.9 Å². The Morgan fingerprint density at radius 2 is 1.85 bits per heavy atom. The number of nitrogens with zero attached hydrogens (tertiary/aromatic N) is 2. The molecule has 1 amide bonds. The SMILES string of the molecule is CCCCOc1ccc(C2/C(=C(\O)c3ccc(Cl)cc3)C(=O)C(=O)N2c2cc(C)on2)cc1. The summed E-state index contributed by atoms with van der Waals surface area (Å²) >= 11 is 5.96. The molecule has 0 radical (unpaired) electrons. The van der Waals surface area contributed by atoms with Crippen LogP contribution in [0.15, 0.2) is 64.7 Å². The molecule has 0 aliphatic carbocycles. The summed E-state index contributed by atoms with van der Waals surface area (Å²) < 4.78 is 10.9. The highest BCUT2D eigenvalue weighted by Crippen LogP contribution is 2.42. The van der Waals surface area contributed by atoms with Crippen LogP contribution in [0.4, 0.5) is 5.82 Å². The zero-order chi connectivity index (χ0) is 23.5. The minimum atomic E-state index is -0.894. The lowest BCUT2D eigenvalue weighted by molar-refractivity contribution is -0.132. The fraction of sp³-hybridized carbons (Fsp3) is 0.240. The Bertz CT molecular complexity index is 1200. The summed E-state index contributed by atoms with van der Waals surface area (Å²) in [6.07, 6.45) is 1.96. The van der Waals surface area contributed by atoms with Gasteiger partial charge in [-0.2, -0.15) is 0 Å². The van der Waals surface area contributed by atoms with Crippen LogP contribution >= 0.6 is 11.6 Å². The number of aryl methyl sites for hydroxylation is 1. The molecule has 2 heterocycles. The fourth-order valence-corrected chi connectivity index (χ4v) is 3.82. The highest BCUT2D eigenvalue weighted by Gasteiger charge is 2.48. The number of hydrogen-bond acceptors (Lipinski definition) is 6. The smallest absolute Gasteiger partial charge is 0.301 e. The molecule has 1 aliphatic heterocycles. The average molecular weight is 467 g/mol.